The Hall–Kier alpha value is -3.83. The van der Waals surface area contributed by atoms with Crippen molar-refractivity contribution in [2.45, 2.75) is 18.9 Å². The van der Waals surface area contributed by atoms with Crippen LogP contribution in [0.25, 0.3) is 33.3 Å². The van der Waals surface area contributed by atoms with Gasteiger partial charge in [-0.15, -0.1) is 10.2 Å². The fraction of sp³-hybridized carbons (Fsp3) is 0.308. The number of aryl methyl sites for hydroxylation is 1. The number of piperidine rings is 1. The number of nitrogens with zero attached hydrogens (tertiary/aromatic N) is 7. The molecule has 0 radical (unpaired) electrons. The van der Waals surface area contributed by atoms with Gasteiger partial charge >= 0.3 is 0 Å². The van der Waals surface area contributed by atoms with Crippen molar-refractivity contribution in [3.8, 4) is 28.5 Å². The van der Waals surface area contributed by atoms with Crippen LogP contribution in [0, 0.1) is 17.1 Å². The van der Waals surface area contributed by atoms with Crippen molar-refractivity contribution < 1.29 is 4.39 Å². The Bertz CT molecular complexity index is 1390. The van der Waals surface area contributed by atoms with Gasteiger partial charge in [-0.05, 0) is 62.8 Å². The molecule has 3 heterocycles. The first-order valence-corrected chi connectivity index (χ1v) is 11.4. The third-order valence-electron chi connectivity index (χ3n) is 6.59. The lowest BCUT2D eigenvalue weighted by Crippen LogP contribution is -2.42. The van der Waals surface area contributed by atoms with Crippen LogP contribution in [0.1, 0.15) is 18.4 Å². The van der Waals surface area contributed by atoms with Crippen molar-refractivity contribution in [3.63, 3.8) is 0 Å². The molecule has 0 bridgehead atoms. The first kappa shape index (κ1) is 22.0. The summed E-state index contributed by atoms with van der Waals surface area (Å²) in [6.45, 7) is 1.78. The van der Waals surface area contributed by atoms with Crippen molar-refractivity contribution in [1.29, 1.82) is 5.26 Å². The molecule has 0 unspecified atom stereocenters. The molecular formula is C26H26FN7. The highest BCUT2D eigenvalue weighted by Gasteiger charge is 2.23. The lowest BCUT2D eigenvalue weighted by Gasteiger charge is -2.35. The molecule has 0 aliphatic carbocycles. The van der Waals surface area contributed by atoms with Crippen molar-refractivity contribution in [3.05, 3.63) is 60.0 Å². The quantitative estimate of drug-likeness (QED) is 0.458. The molecule has 34 heavy (non-hydrogen) atoms. The molecule has 0 N–H and O–H groups in total. The SMILES string of the molecule is CN(C)C1CCN(c2cc(-c3ccc(C#N)c(F)c3)c(-c3ccc4nn(C)cc4c3)nn2)CC1. The van der Waals surface area contributed by atoms with Gasteiger partial charge in [0.25, 0.3) is 0 Å². The molecule has 0 spiro atoms. The van der Waals surface area contributed by atoms with Gasteiger partial charge in [0.15, 0.2) is 5.82 Å². The Balaban J connectivity index is 1.59. The van der Waals surface area contributed by atoms with E-state index in [1.807, 2.05) is 43.6 Å². The number of benzene rings is 2. The number of hydrogen-bond acceptors (Lipinski definition) is 6. The third-order valence-corrected chi connectivity index (χ3v) is 6.59. The van der Waals surface area contributed by atoms with E-state index in [9.17, 15) is 4.39 Å². The minimum Gasteiger partial charge on any atom is -0.355 e. The number of fused-ring (bicyclic) bond motifs is 1. The molecule has 1 saturated heterocycles. The van der Waals surface area contributed by atoms with Gasteiger partial charge < -0.3 is 9.80 Å². The van der Waals surface area contributed by atoms with E-state index in [0.29, 0.717) is 17.3 Å². The van der Waals surface area contributed by atoms with Crippen LogP contribution in [0.2, 0.25) is 0 Å². The molecule has 5 rings (SSSR count). The van der Waals surface area contributed by atoms with Gasteiger partial charge in [0.2, 0.25) is 0 Å². The van der Waals surface area contributed by atoms with Crippen LogP contribution in [0.5, 0.6) is 0 Å². The maximum Gasteiger partial charge on any atom is 0.151 e. The standard InChI is InChI=1S/C26H26FN7/c1-32(2)21-8-10-34(11-9-21)25-14-22(17-4-5-19(15-28)23(27)13-17)26(30-29-25)18-6-7-24-20(12-18)16-33(3)31-24/h4-7,12-14,16,21H,8-11H2,1-3H3. The van der Waals surface area contributed by atoms with Crippen LogP contribution in [-0.2, 0) is 7.05 Å². The monoisotopic (exact) mass is 455 g/mol. The molecule has 7 nitrogen and oxygen atoms in total. The summed E-state index contributed by atoms with van der Waals surface area (Å²) in [5.41, 5.74) is 3.91. The van der Waals surface area contributed by atoms with Crippen molar-refractivity contribution >= 4 is 16.7 Å². The number of anilines is 1. The molecule has 2 aromatic heterocycles. The normalized spacial score (nSPS) is 14.6. The van der Waals surface area contributed by atoms with Crippen LogP contribution >= 0.6 is 0 Å². The zero-order valence-corrected chi connectivity index (χ0v) is 19.5. The summed E-state index contributed by atoms with van der Waals surface area (Å²) in [6.07, 6.45) is 4.06. The van der Waals surface area contributed by atoms with Gasteiger partial charge in [-0.3, -0.25) is 4.68 Å². The summed E-state index contributed by atoms with van der Waals surface area (Å²) in [4.78, 5) is 4.51. The minimum absolute atomic E-state index is 0.0232. The lowest BCUT2D eigenvalue weighted by molar-refractivity contribution is 0.249. The van der Waals surface area contributed by atoms with Gasteiger partial charge in [0, 0.05) is 48.9 Å². The van der Waals surface area contributed by atoms with Gasteiger partial charge in [0.05, 0.1) is 11.1 Å². The maximum atomic E-state index is 14.6. The molecule has 2 aromatic carbocycles. The van der Waals surface area contributed by atoms with Crippen LogP contribution in [0.4, 0.5) is 10.2 Å². The maximum absolute atomic E-state index is 14.6. The molecule has 1 aliphatic rings. The number of halogens is 1. The molecule has 0 atom stereocenters. The second-order valence-electron chi connectivity index (χ2n) is 9.03. The summed E-state index contributed by atoms with van der Waals surface area (Å²) < 4.78 is 16.3. The fourth-order valence-corrected chi connectivity index (χ4v) is 4.65. The Morgan fingerprint density at radius 3 is 2.50 bits per heavy atom. The smallest absolute Gasteiger partial charge is 0.151 e. The molecule has 8 heteroatoms. The van der Waals surface area contributed by atoms with Crippen molar-refractivity contribution in [2.75, 3.05) is 32.1 Å². The molecule has 0 saturated carbocycles. The van der Waals surface area contributed by atoms with Crippen molar-refractivity contribution in [1.82, 2.24) is 24.9 Å². The Kier molecular flexibility index (Phi) is 5.72. The molecule has 1 fully saturated rings. The number of aromatic nitrogens is 4. The Morgan fingerprint density at radius 1 is 1.03 bits per heavy atom. The Morgan fingerprint density at radius 2 is 1.79 bits per heavy atom. The Labute approximate surface area is 198 Å². The van der Waals surface area contributed by atoms with Gasteiger partial charge in [-0.1, -0.05) is 12.1 Å². The predicted molar refractivity (Wildman–Crippen MR) is 131 cm³/mol. The number of nitriles is 1. The van der Waals surface area contributed by atoms with Gasteiger partial charge in [0.1, 0.15) is 17.6 Å². The lowest BCUT2D eigenvalue weighted by atomic mass is 9.97. The van der Waals surface area contributed by atoms with Crippen LogP contribution in [0.15, 0.2) is 48.7 Å². The van der Waals surface area contributed by atoms with E-state index in [0.717, 1.165) is 53.8 Å². The van der Waals surface area contributed by atoms with Crippen LogP contribution in [-0.4, -0.2) is 58.1 Å². The van der Waals surface area contributed by atoms with Gasteiger partial charge in [-0.25, -0.2) is 4.39 Å². The van der Waals surface area contributed by atoms with Gasteiger partial charge in [-0.2, -0.15) is 10.4 Å². The first-order valence-electron chi connectivity index (χ1n) is 11.4. The average molecular weight is 456 g/mol. The second-order valence-corrected chi connectivity index (χ2v) is 9.03. The molecule has 4 aromatic rings. The van der Waals surface area contributed by atoms with Crippen LogP contribution in [0.3, 0.4) is 0 Å². The highest BCUT2D eigenvalue weighted by molar-refractivity contribution is 5.88. The summed E-state index contributed by atoms with van der Waals surface area (Å²) in [5.74, 6) is 0.238. The highest BCUT2D eigenvalue weighted by Crippen LogP contribution is 2.35. The second kappa shape index (κ2) is 8.84. The van der Waals surface area contributed by atoms with E-state index >= 15 is 0 Å². The molecular weight excluding hydrogens is 429 g/mol. The van der Waals surface area contributed by atoms with E-state index in [1.54, 1.807) is 10.7 Å². The zero-order valence-electron chi connectivity index (χ0n) is 19.5. The first-order chi connectivity index (χ1) is 16.4. The topological polar surface area (TPSA) is 73.9 Å². The van der Waals surface area contributed by atoms with E-state index in [2.05, 4.69) is 39.2 Å². The van der Waals surface area contributed by atoms with E-state index in [4.69, 9.17) is 5.26 Å². The van der Waals surface area contributed by atoms with Crippen molar-refractivity contribution in [2.24, 2.45) is 7.05 Å². The number of rotatable bonds is 4. The summed E-state index contributed by atoms with van der Waals surface area (Å²) >= 11 is 0. The fourth-order valence-electron chi connectivity index (χ4n) is 4.65. The largest absolute Gasteiger partial charge is 0.355 e. The van der Waals surface area contributed by atoms with E-state index < -0.39 is 5.82 Å². The molecule has 1 aliphatic heterocycles. The zero-order chi connectivity index (χ0) is 23.8. The summed E-state index contributed by atoms with van der Waals surface area (Å²) in [6, 6.07) is 15.1. The average Bonchev–Trinajstić information content (AvgIpc) is 3.23. The van der Waals surface area contributed by atoms with E-state index in [-0.39, 0.29) is 5.56 Å². The minimum atomic E-state index is -0.543. The predicted octanol–water partition coefficient (Wildman–Crippen LogP) is 4.24. The third kappa shape index (κ3) is 4.11. The summed E-state index contributed by atoms with van der Waals surface area (Å²) in [7, 11) is 6.12. The van der Waals surface area contributed by atoms with E-state index in [1.165, 1.54) is 12.1 Å². The molecule has 0 amide bonds. The molecule has 172 valence electrons. The van der Waals surface area contributed by atoms with Crippen LogP contribution < -0.4 is 4.90 Å². The highest BCUT2D eigenvalue weighted by atomic mass is 19.1. The summed E-state index contributed by atoms with van der Waals surface area (Å²) in [5, 5.41) is 23.8. The number of hydrogen-bond donors (Lipinski definition) is 0.